The summed E-state index contributed by atoms with van der Waals surface area (Å²) in [7, 11) is 0. The summed E-state index contributed by atoms with van der Waals surface area (Å²) in [6.07, 6.45) is 1.98. The highest BCUT2D eigenvalue weighted by Gasteiger charge is 2.17. The molecule has 0 unspecified atom stereocenters. The Morgan fingerprint density at radius 2 is 2.08 bits per heavy atom. The van der Waals surface area contributed by atoms with Gasteiger partial charge in [0.1, 0.15) is 5.75 Å². The molecular weight excluding hydrogens is 338 g/mol. The van der Waals surface area contributed by atoms with Crippen LogP contribution in [0.2, 0.25) is 5.02 Å². The SMILES string of the molecule is CCCCOc1ccc2[nH]c(-c3cccc(Cl)c3)c(CC(=O)O)c2c1. The van der Waals surface area contributed by atoms with Crippen LogP contribution in [0.25, 0.3) is 22.2 Å². The number of carboxylic acids is 1. The number of unbranched alkanes of at least 4 members (excludes halogenated alkanes) is 1. The van der Waals surface area contributed by atoms with Crippen molar-refractivity contribution in [3.8, 4) is 17.0 Å². The van der Waals surface area contributed by atoms with Gasteiger partial charge in [-0.3, -0.25) is 4.79 Å². The van der Waals surface area contributed by atoms with E-state index < -0.39 is 5.97 Å². The van der Waals surface area contributed by atoms with Crippen molar-refractivity contribution >= 4 is 28.5 Å². The summed E-state index contributed by atoms with van der Waals surface area (Å²) in [5.74, 6) is -0.120. The van der Waals surface area contributed by atoms with Crippen molar-refractivity contribution in [2.75, 3.05) is 6.61 Å². The molecule has 3 aromatic rings. The summed E-state index contributed by atoms with van der Waals surface area (Å²) in [4.78, 5) is 14.7. The van der Waals surface area contributed by atoms with Crippen LogP contribution in [0.5, 0.6) is 5.75 Å². The molecule has 0 aliphatic carbocycles. The summed E-state index contributed by atoms with van der Waals surface area (Å²) in [6, 6.07) is 13.1. The van der Waals surface area contributed by atoms with Gasteiger partial charge < -0.3 is 14.8 Å². The third kappa shape index (κ3) is 3.97. The second kappa shape index (κ2) is 7.62. The quantitative estimate of drug-likeness (QED) is 0.564. The first kappa shape index (κ1) is 17.4. The van der Waals surface area contributed by atoms with Crippen molar-refractivity contribution in [1.29, 1.82) is 0 Å². The number of aromatic nitrogens is 1. The Balaban J connectivity index is 2.08. The topological polar surface area (TPSA) is 62.3 Å². The summed E-state index contributed by atoms with van der Waals surface area (Å²) in [6.45, 7) is 2.77. The van der Waals surface area contributed by atoms with Gasteiger partial charge in [0.25, 0.3) is 0 Å². The molecule has 1 aromatic heterocycles. The third-order valence-corrected chi connectivity index (χ3v) is 4.32. The Hall–Kier alpha value is -2.46. The molecule has 130 valence electrons. The van der Waals surface area contributed by atoms with Gasteiger partial charge in [0.2, 0.25) is 0 Å². The lowest BCUT2D eigenvalue weighted by atomic mass is 10.0. The largest absolute Gasteiger partial charge is 0.494 e. The lowest BCUT2D eigenvalue weighted by Crippen LogP contribution is -2.01. The lowest BCUT2D eigenvalue weighted by Gasteiger charge is -2.06. The van der Waals surface area contributed by atoms with Crippen LogP contribution in [0, 0.1) is 0 Å². The average molecular weight is 358 g/mol. The monoisotopic (exact) mass is 357 g/mol. The molecule has 0 aliphatic rings. The van der Waals surface area contributed by atoms with Gasteiger partial charge in [0, 0.05) is 15.9 Å². The van der Waals surface area contributed by atoms with E-state index >= 15 is 0 Å². The smallest absolute Gasteiger partial charge is 0.307 e. The van der Waals surface area contributed by atoms with Crippen molar-refractivity contribution in [2.45, 2.75) is 26.2 Å². The minimum Gasteiger partial charge on any atom is -0.494 e. The minimum atomic E-state index is -0.874. The van der Waals surface area contributed by atoms with E-state index in [4.69, 9.17) is 16.3 Å². The fourth-order valence-corrected chi connectivity index (χ4v) is 3.07. The average Bonchev–Trinajstić information content (AvgIpc) is 2.93. The Kier molecular flexibility index (Phi) is 5.29. The van der Waals surface area contributed by atoms with Crippen molar-refractivity contribution in [3.63, 3.8) is 0 Å². The van der Waals surface area contributed by atoms with E-state index in [1.807, 2.05) is 36.4 Å². The van der Waals surface area contributed by atoms with Gasteiger partial charge in [0.15, 0.2) is 0 Å². The number of benzene rings is 2. The number of hydrogen-bond donors (Lipinski definition) is 2. The molecule has 25 heavy (non-hydrogen) atoms. The van der Waals surface area contributed by atoms with E-state index in [1.165, 1.54) is 0 Å². The van der Waals surface area contributed by atoms with Crippen LogP contribution in [-0.4, -0.2) is 22.7 Å². The highest BCUT2D eigenvalue weighted by atomic mass is 35.5. The molecule has 0 bridgehead atoms. The Morgan fingerprint density at radius 1 is 1.24 bits per heavy atom. The van der Waals surface area contributed by atoms with Gasteiger partial charge in [-0.25, -0.2) is 0 Å². The number of aromatic amines is 1. The van der Waals surface area contributed by atoms with E-state index in [2.05, 4.69) is 11.9 Å². The van der Waals surface area contributed by atoms with Crippen LogP contribution in [0.15, 0.2) is 42.5 Å². The number of rotatable bonds is 7. The van der Waals surface area contributed by atoms with Gasteiger partial charge in [-0.15, -0.1) is 0 Å². The highest BCUT2D eigenvalue weighted by molar-refractivity contribution is 6.30. The minimum absolute atomic E-state index is 0.0692. The van der Waals surface area contributed by atoms with Crippen molar-refractivity contribution < 1.29 is 14.6 Å². The molecule has 5 heteroatoms. The molecule has 2 aromatic carbocycles. The Morgan fingerprint density at radius 3 is 2.80 bits per heavy atom. The van der Waals surface area contributed by atoms with Crippen LogP contribution in [0.3, 0.4) is 0 Å². The number of nitrogens with one attached hydrogen (secondary N) is 1. The fourth-order valence-electron chi connectivity index (χ4n) is 2.88. The van der Waals surface area contributed by atoms with Crippen LogP contribution >= 0.6 is 11.6 Å². The normalized spacial score (nSPS) is 11.0. The molecule has 0 saturated heterocycles. The van der Waals surface area contributed by atoms with Gasteiger partial charge in [-0.2, -0.15) is 0 Å². The molecule has 0 saturated carbocycles. The first-order chi connectivity index (χ1) is 12.1. The van der Waals surface area contributed by atoms with Crippen molar-refractivity contribution in [3.05, 3.63) is 53.1 Å². The maximum Gasteiger partial charge on any atom is 0.307 e. The number of hydrogen-bond acceptors (Lipinski definition) is 2. The van der Waals surface area contributed by atoms with E-state index in [-0.39, 0.29) is 6.42 Å². The number of carboxylic acid groups (broad SMARTS) is 1. The molecule has 0 aliphatic heterocycles. The van der Waals surface area contributed by atoms with Crippen LogP contribution in [0.1, 0.15) is 25.3 Å². The highest BCUT2D eigenvalue weighted by Crippen LogP contribution is 2.34. The van der Waals surface area contributed by atoms with E-state index in [0.717, 1.165) is 46.3 Å². The van der Waals surface area contributed by atoms with Gasteiger partial charge >= 0.3 is 5.97 Å². The predicted molar refractivity (Wildman–Crippen MR) is 100 cm³/mol. The third-order valence-electron chi connectivity index (χ3n) is 4.09. The zero-order valence-corrected chi connectivity index (χ0v) is 14.8. The van der Waals surface area contributed by atoms with Crippen LogP contribution < -0.4 is 4.74 Å². The molecule has 0 spiro atoms. The fraction of sp³-hybridized carbons (Fsp3) is 0.250. The first-order valence-electron chi connectivity index (χ1n) is 8.33. The molecule has 0 amide bonds. The molecule has 4 nitrogen and oxygen atoms in total. The molecular formula is C20H20ClNO3. The Bertz CT molecular complexity index is 901. The van der Waals surface area contributed by atoms with E-state index in [0.29, 0.717) is 11.6 Å². The summed E-state index contributed by atoms with van der Waals surface area (Å²) in [5.41, 5.74) is 3.28. The first-order valence-corrected chi connectivity index (χ1v) is 8.71. The number of carbonyl (C=O) groups is 1. The van der Waals surface area contributed by atoms with E-state index in [1.54, 1.807) is 6.07 Å². The number of H-pyrrole nitrogens is 1. The molecule has 1 heterocycles. The van der Waals surface area contributed by atoms with Crippen LogP contribution in [0.4, 0.5) is 0 Å². The zero-order valence-electron chi connectivity index (χ0n) is 14.0. The lowest BCUT2D eigenvalue weighted by molar-refractivity contribution is -0.136. The Labute approximate surface area is 151 Å². The number of ether oxygens (including phenoxy) is 1. The second-order valence-electron chi connectivity index (χ2n) is 5.97. The number of aliphatic carboxylic acids is 1. The summed E-state index contributed by atoms with van der Waals surface area (Å²) in [5, 5.41) is 10.8. The standard InChI is InChI=1S/C20H20ClNO3/c1-2-3-9-25-15-7-8-18-16(11-15)17(12-19(23)24)20(22-18)13-5-4-6-14(21)10-13/h4-8,10-11,22H,2-3,9,12H2,1H3,(H,23,24). The summed E-state index contributed by atoms with van der Waals surface area (Å²) >= 11 is 6.10. The predicted octanol–water partition coefficient (Wildman–Crippen LogP) is 5.29. The van der Waals surface area contributed by atoms with E-state index in [9.17, 15) is 9.90 Å². The second-order valence-corrected chi connectivity index (χ2v) is 6.41. The number of halogens is 1. The maximum absolute atomic E-state index is 11.4. The van der Waals surface area contributed by atoms with Gasteiger partial charge in [0.05, 0.1) is 18.7 Å². The molecule has 2 N–H and O–H groups in total. The van der Waals surface area contributed by atoms with Gasteiger partial charge in [-0.05, 0) is 47.9 Å². The number of fused-ring (bicyclic) bond motifs is 1. The molecule has 0 atom stereocenters. The molecule has 0 fully saturated rings. The molecule has 0 radical (unpaired) electrons. The van der Waals surface area contributed by atoms with Gasteiger partial charge in [-0.1, -0.05) is 37.1 Å². The van der Waals surface area contributed by atoms with Crippen molar-refractivity contribution in [2.24, 2.45) is 0 Å². The van der Waals surface area contributed by atoms with Crippen LogP contribution in [-0.2, 0) is 11.2 Å². The zero-order chi connectivity index (χ0) is 17.8. The van der Waals surface area contributed by atoms with Crippen molar-refractivity contribution in [1.82, 2.24) is 4.98 Å². The maximum atomic E-state index is 11.4. The summed E-state index contributed by atoms with van der Waals surface area (Å²) < 4.78 is 5.77. The molecule has 3 rings (SSSR count).